The van der Waals surface area contributed by atoms with Crippen LogP contribution in [0.3, 0.4) is 0 Å². The highest BCUT2D eigenvalue weighted by Gasteiger charge is 2.14. The first kappa shape index (κ1) is 20.9. The van der Waals surface area contributed by atoms with Crippen LogP contribution in [0.1, 0.15) is 23.4 Å². The molecule has 0 saturated heterocycles. The van der Waals surface area contributed by atoms with Gasteiger partial charge in [-0.15, -0.1) is 0 Å². The fourth-order valence-electron chi connectivity index (χ4n) is 2.06. The first-order valence-corrected chi connectivity index (χ1v) is 8.45. The quantitative estimate of drug-likeness (QED) is 0.280. The predicted molar refractivity (Wildman–Crippen MR) is 98.0 cm³/mol. The summed E-state index contributed by atoms with van der Waals surface area (Å²) in [6.45, 7) is -0.346. The van der Waals surface area contributed by atoms with Crippen molar-refractivity contribution in [2.45, 2.75) is 12.8 Å². The molecule has 0 aliphatic rings. The van der Waals surface area contributed by atoms with Crippen molar-refractivity contribution < 1.29 is 28.5 Å². The number of amides is 2. The van der Waals surface area contributed by atoms with E-state index in [1.165, 1.54) is 24.5 Å². The van der Waals surface area contributed by atoms with Gasteiger partial charge in [-0.05, 0) is 24.6 Å². The summed E-state index contributed by atoms with van der Waals surface area (Å²) < 4.78 is 9.73. The van der Waals surface area contributed by atoms with E-state index in [1.807, 2.05) is 0 Å². The van der Waals surface area contributed by atoms with Gasteiger partial charge in [-0.2, -0.15) is 0 Å². The van der Waals surface area contributed by atoms with Gasteiger partial charge in [0.05, 0.1) is 21.9 Å². The average Bonchev–Trinajstić information content (AvgIpc) is 3.20. The first-order chi connectivity index (χ1) is 13.4. The van der Waals surface area contributed by atoms with Crippen molar-refractivity contribution in [3.8, 4) is 0 Å². The van der Waals surface area contributed by atoms with Crippen LogP contribution in [-0.4, -0.2) is 35.9 Å². The van der Waals surface area contributed by atoms with Gasteiger partial charge in [-0.1, -0.05) is 11.6 Å². The molecule has 10 nitrogen and oxygen atoms in total. The van der Waals surface area contributed by atoms with Crippen molar-refractivity contribution in [2.24, 2.45) is 0 Å². The van der Waals surface area contributed by atoms with Crippen LogP contribution in [0.4, 0.5) is 11.4 Å². The maximum Gasteiger partial charge on any atom is 0.306 e. The standard InChI is InChI=1S/C17H16ClN3O7/c18-12-6-5-11(21(25)26)9-13(12)20-15(22)10-28-16(23)4-1-7-19-17(24)14-3-2-8-27-14/h2-3,5-6,8-9H,1,4,7,10H2,(H,19,24)(H,20,22). The van der Waals surface area contributed by atoms with Crippen LogP contribution in [0.2, 0.25) is 5.02 Å². The van der Waals surface area contributed by atoms with Crippen molar-refractivity contribution in [1.29, 1.82) is 0 Å². The van der Waals surface area contributed by atoms with E-state index in [2.05, 4.69) is 10.6 Å². The van der Waals surface area contributed by atoms with Gasteiger partial charge in [0, 0.05) is 25.1 Å². The number of non-ortho nitro benzene ring substituents is 1. The largest absolute Gasteiger partial charge is 0.459 e. The lowest BCUT2D eigenvalue weighted by Crippen LogP contribution is -2.25. The number of hydrogen-bond donors (Lipinski definition) is 2. The zero-order valence-electron chi connectivity index (χ0n) is 14.5. The summed E-state index contributed by atoms with van der Waals surface area (Å²) >= 11 is 5.87. The van der Waals surface area contributed by atoms with E-state index >= 15 is 0 Å². The van der Waals surface area contributed by atoms with Crippen molar-refractivity contribution in [2.75, 3.05) is 18.5 Å². The number of nitrogens with one attached hydrogen (secondary N) is 2. The number of carbonyl (C=O) groups is 3. The number of carbonyl (C=O) groups excluding carboxylic acids is 3. The van der Waals surface area contributed by atoms with E-state index in [0.29, 0.717) is 6.42 Å². The molecule has 11 heteroatoms. The summed E-state index contributed by atoms with van der Waals surface area (Å²) in [7, 11) is 0. The number of halogens is 1. The lowest BCUT2D eigenvalue weighted by molar-refractivity contribution is -0.384. The minimum atomic E-state index is -0.693. The summed E-state index contributed by atoms with van der Waals surface area (Å²) in [5, 5.41) is 15.8. The summed E-state index contributed by atoms with van der Waals surface area (Å²) in [5.41, 5.74) is -0.203. The van der Waals surface area contributed by atoms with Crippen LogP contribution in [0.25, 0.3) is 0 Å². The Kier molecular flexibility index (Phi) is 7.52. The minimum absolute atomic E-state index is 0.0106. The van der Waals surface area contributed by atoms with E-state index in [0.717, 1.165) is 6.07 Å². The van der Waals surface area contributed by atoms with Crippen LogP contribution in [0.5, 0.6) is 0 Å². The third-order valence-electron chi connectivity index (χ3n) is 3.39. The van der Waals surface area contributed by atoms with Crippen LogP contribution in [-0.2, 0) is 14.3 Å². The molecule has 148 valence electrons. The molecule has 1 aromatic heterocycles. The molecule has 0 atom stereocenters. The number of benzene rings is 1. The topological polar surface area (TPSA) is 141 Å². The van der Waals surface area contributed by atoms with Crippen LogP contribution < -0.4 is 10.6 Å². The fourth-order valence-corrected chi connectivity index (χ4v) is 2.22. The summed E-state index contributed by atoms with van der Waals surface area (Å²) in [5.74, 6) is -1.56. The molecule has 1 aromatic carbocycles. The zero-order valence-corrected chi connectivity index (χ0v) is 15.2. The van der Waals surface area contributed by atoms with Gasteiger partial charge in [0.2, 0.25) is 0 Å². The smallest absolute Gasteiger partial charge is 0.306 e. The molecule has 2 N–H and O–H groups in total. The molecule has 0 saturated carbocycles. The van der Waals surface area contributed by atoms with Gasteiger partial charge in [0.25, 0.3) is 17.5 Å². The van der Waals surface area contributed by atoms with Gasteiger partial charge in [0.1, 0.15) is 0 Å². The summed E-state index contributed by atoms with van der Waals surface area (Å²) in [4.78, 5) is 45.2. The highest BCUT2D eigenvalue weighted by atomic mass is 35.5. The Bertz CT molecular complexity index is 868. The third kappa shape index (κ3) is 6.40. The Balaban J connectivity index is 1.68. The van der Waals surface area contributed by atoms with Crippen LogP contribution >= 0.6 is 11.6 Å². The highest BCUT2D eigenvalue weighted by Crippen LogP contribution is 2.26. The number of furan rings is 1. The Morgan fingerprint density at radius 3 is 2.71 bits per heavy atom. The third-order valence-corrected chi connectivity index (χ3v) is 3.72. The number of ether oxygens (including phenoxy) is 1. The molecular formula is C17H16ClN3O7. The molecule has 0 unspecified atom stereocenters. The number of anilines is 1. The minimum Gasteiger partial charge on any atom is -0.459 e. The molecule has 28 heavy (non-hydrogen) atoms. The van der Waals surface area contributed by atoms with Gasteiger partial charge >= 0.3 is 5.97 Å². The number of nitro benzene ring substituents is 1. The van der Waals surface area contributed by atoms with E-state index < -0.39 is 29.3 Å². The maximum atomic E-state index is 11.8. The van der Waals surface area contributed by atoms with E-state index in [1.54, 1.807) is 6.07 Å². The van der Waals surface area contributed by atoms with Crippen molar-refractivity contribution in [3.63, 3.8) is 0 Å². The van der Waals surface area contributed by atoms with Crippen molar-refractivity contribution >= 4 is 40.8 Å². The lowest BCUT2D eigenvalue weighted by Gasteiger charge is -2.08. The summed E-state index contributed by atoms with van der Waals surface area (Å²) in [6, 6.07) is 6.67. The zero-order chi connectivity index (χ0) is 20.5. The average molecular weight is 410 g/mol. The Hall–Kier alpha value is -3.40. The van der Waals surface area contributed by atoms with Crippen molar-refractivity contribution in [3.05, 3.63) is 57.5 Å². The normalized spacial score (nSPS) is 10.2. The Morgan fingerprint density at radius 1 is 1.25 bits per heavy atom. The second kappa shape index (κ2) is 10.1. The predicted octanol–water partition coefficient (Wildman–Crippen LogP) is 2.53. The molecule has 0 radical (unpaired) electrons. The maximum absolute atomic E-state index is 11.8. The monoisotopic (exact) mass is 409 g/mol. The molecule has 1 heterocycles. The Labute approximate surface area is 163 Å². The molecule has 2 aromatic rings. The molecular weight excluding hydrogens is 394 g/mol. The molecule has 0 fully saturated rings. The first-order valence-electron chi connectivity index (χ1n) is 8.08. The lowest BCUT2D eigenvalue weighted by atomic mass is 10.3. The van der Waals surface area contributed by atoms with E-state index in [4.69, 9.17) is 20.8 Å². The van der Waals surface area contributed by atoms with Gasteiger partial charge < -0.3 is 19.8 Å². The molecule has 0 aliphatic carbocycles. The molecule has 0 bridgehead atoms. The number of rotatable bonds is 9. The second-order valence-corrected chi connectivity index (χ2v) is 5.87. The van der Waals surface area contributed by atoms with Crippen molar-refractivity contribution in [1.82, 2.24) is 5.32 Å². The van der Waals surface area contributed by atoms with Gasteiger partial charge in [-0.3, -0.25) is 24.5 Å². The van der Waals surface area contributed by atoms with Gasteiger partial charge in [0.15, 0.2) is 12.4 Å². The summed E-state index contributed by atoms with van der Waals surface area (Å²) in [6.07, 6.45) is 1.67. The second-order valence-electron chi connectivity index (χ2n) is 5.47. The van der Waals surface area contributed by atoms with E-state index in [9.17, 15) is 24.5 Å². The number of nitrogens with zero attached hydrogens (tertiary/aromatic N) is 1. The highest BCUT2D eigenvalue weighted by molar-refractivity contribution is 6.33. The molecule has 2 rings (SSSR count). The number of hydrogen-bond acceptors (Lipinski definition) is 7. The molecule has 0 spiro atoms. The number of nitro groups is 1. The van der Waals surface area contributed by atoms with Gasteiger partial charge in [-0.25, -0.2) is 0 Å². The number of esters is 1. The SMILES string of the molecule is O=C(COC(=O)CCCNC(=O)c1ccco1)Nc1cc([N+](=O)[O-])ccc1Cl. The van der Waals surface area contributed by atoms with Crippen LogP contribution in [0, 0.1) is 10.1 Å². The molecule has 0 aliphatic heterocycles. The Morgan fingerprint density at radius 2 is 2.04 bits per heavy atom. The van der Waals surface area contributed by atoms with Crippen LogP contribution in [0.15, 0.2) is 41.0 Å². The molecule has 2 amide bonds. The fraction of sp³-hybridized carbons (Fsp3) is 0.235. The van der Waals surface area contributed by atoms with E-state index in [-0.39, 0.29) is 35.1 Å².